The summed E-state index contributed by atoms with van der Waals surface area (Å²) < 4.78 is 20.7. The standard InChI is InChI=1S/C19H21NO6/c1-23-15-8-9-16(17(12-15)24-2)19(22)26-13-18(21)20-10-11-25-14-6-4-3-5-7-14/h3-9,12H,10-11,13H2,1-2H3,(H,20,21). The van der Waals surface area contributed by atoms with Crippen molar-refractivity contribution in [3.8, 4) is 17.2 Å². The van der Waals surface area contributed by atoms with Gasteiger partial charge in [-0.1, -0.05) is 18.2 Å². The first-order valence-electron chi connectivity index (χ1n) is 7.97. The maximum atomic E-state index is 12.1. The van der Waals surface area contributed by atoms with Crippen molar-refractivity contribution in [1.82, 2.24) is 5.32 Å². The summed E-state index contributed by atoms with van der Waals surface area (Å²) in [6, 6.07) is 14.0. The van der Waals surface area contributed by atoms with Gasteiger partial charge < -0.3 is 24.3 Å². The second kappa shape index (κ2) is 9.93. The summed E-state index contributed by atoms with van der Waals surface area (Å²) in [5.41, 5.74) is 0.216. The molecule has 0 atom stereocenters. The average Bonchev–Trinajstić information content (AvgIpc) is 2.69. The summed E-state index contributed by atoms with van der Waals surface area (Å²) in [6.07, 6.45) is 0. The normalized spacial score (nSPS) is 9.92. The van der Waals surface area contributed by atoms with E-state index in [9.17, 15) is 9.59 Å². The Morgan fingerprint density at radius 2 is 1.73 bits per heavy atom. The molecule has 0 unspecified atom stereocenters. The highest BCUT2D eigenvalue weighted by molar-refractivity contribution is 5.94. The molecular formula is C19H21NO6. The van der Waals surface area contributed by atoms with Crippen LogP contribution in [-0.4, -0.2) is 45.9 Å². The van der Waals surface area contributed by atoms with Gasteiger partial charge in [0.25, 0.3) is 5.91 Å². The van der Waals surface area contributed by atoms with Crippen LogP contribution >= 0.6 is 0 Å². The maximum absolute atomic E-state index is 12.1. The van der Waals surface area contributed by atoms with E-state index in [2.05, 4.69) is 5.32 Å². The predicted molar refractivity (Wildman–Crippen MR) is 94.8 cm³/mol. The molecule has 0 heterocycles. The van der Waals surface area contributed by atoms with Gasteiger partial charge in [0, 0.05) is 6.07 Å². The fourth-order valence-electron chi connectivity index (χ4n) is 2.10. The Balaban J connectivity index is 1.74. The van der Waals surface area contributed by atoms with Gasteiger partial charge in [-0.2, -0.15) is 0 Å². The van der Waals surface area contributed by atoms with Gasteiger partial charge in [0.15, 0.2) is 6.61 Å². The van der Waals surface area contributed by atoms with E-state index in [0.717, 1.165) is 5.75 Å². The van der Waals surface area contributed by atoms with Gasteiger partial charge in [-0.05, 0) is 24.3 Å². The van der Waals surface area contributed by atoms with Crippen LogP contribution in [0.4, 0.5) is 0 Å². The lowest BCUT2D eigenvalue weighted by Crippen LogP contribution is -2.32. The molecule has 0 aromatic heterocycles. The highest BCUT2D eigenvalue weighted by Crippen LogP contribution is 2.25. The third-order valence-corrected chi connectivity index (χ3v) is 3.40. The zero-order chi connectivity index (χ0) is 18.8. The van der Waals surface area contributed by atoms with E-state index in [1.54, 1.807) is 12.1 Å². The molecule has 26 heavy (non-hydrogen) atoms. The fourth-order valence-corrected chi connectivity index (χ4v) is 2.10. The number of ether oxygens (including phenoxy) is 4. The Morgan fingerprint density at radius 1 is 0.962 bits per heavy atom. The predicted octanol–water partition coefficient (Wildman–Crippen LogP) is 2.06. The van der Waals surface area contributed by atoms with Gasteiger partial charge in [0.05, 0.1) is 20.8 Å². The molecule has 0 saturated carbocycles. The quantitative estimate of drug-likeness (QED) is 0.545. The minimum atomic E-state index is -0.653. The summed E-state index contributed by atoms with van der Waals surface area (Å²) in [7, 11) is 2.95. The van der Waals surface area contributed by atoms with Crippen molar-refractivity contribution in [2.45, 2.75) is 0 Å². The summed E-state index contributed by atoms with van der Waals surface area (Å²) in [6.45, 7) is 0.229. The molecule has 0 aliphatic rings. The minimum absolute atomic E-state index is 0.216. The number of methoxy groups -OCH3 is 2. The lowest BCUT2D eigenvalue weighted by molar-refractivity contribution is -0.124. The second-order valence-electron chi connectivity index (χ2n) is 5.15. The highest BCUT2D eigenvalue weighted by atomic mass is 16.5. The summed E-state index contributed by atoms with van der Waals surface area (Å²) in [5.74, 6) is 0.517. The van der Waals surface area contributed by atoms with Crippen molar-refractivity contribution in [2.24, 2.45) is 0 Å². The molecule has 7 nitrogen and oxygen atoms in total. The number of carbonyl (C=O) groups is 2. The van der Waals surface area contributed by atoms with Crippen LogP contribution in [0.15, 0.2) is 48.5 Å². The topological polar surface area (TPSA) is 83.1 Å². The first-order chi connectivity index (χ1) is 12.6. The summed E-state index contributed by atoms with van der Waals surface area (Å²) >= 11 is 0. The highest BCUT2D eigenvalue weighted by Gasteiger charge is 2.16. The number of carbonyl (C=O) groups excluding carboxylic acids is 2. The Hall–Kier alpha value is -3.22. The van der Waals surface area contributed by atoms with E-state index in [1.165, 1.54) is 20.3 Å². The number of amides is 1. The lowest BCUT2D eigenvalue weighted by atomic mass is 10.2. The molecule has 2 aromatic carbocycles. The number of nitrogens with one attached hydrogen (secondary N) is 1. The second-order valence-corrected chi connectivity index (χ2v) is 5.15. The maximum Gasteiger partial charge on any atom is 0.342 e. The monoisotopic (exact) mass is 359 g/mol. The fraction of sp³-hybridized carbons (Fsp3) is 0.263. The SMILES string of the molecule is COc1ccc(C(=O)OCC(=O)NCCOc2ccccc2)c(OC)c1. The van der Waals surface area contributed by atoms with E-state index in [4.69, 9.17) is 18.9 Å². The molecule has 1 amide bonds. The van der Waals surface area contributed by atoms with Gasteiger partial charge in [0.1, 0.15) is 29.4 Å². The van der Waals surface area contributed by atoms with Crippen LogP contribution in [0.2, 0.25) is 0 Å². The Bertz CT molecular complexity index is 732. The molecule has 0 fully saturated rings. The molecule has 2 aromatic rings. The number of benzene rings is 2. The molecule has 0 spiro atoms. The van der Waals surface area contributed by atoms with Gasteiger partial charge in [0.2, 0.25) is 0 Å². The molecule has 138 valence electrons. The zero-order valence-corrected chi connectivity index (χ0v) is 14.7. The van der Waals surface area contributed by atoms with Crippen LogP contribution in [0.25, 0.3) is 0 Å². The summed E-state index contributed by atoms with van der Waals surface area (Å²) in [5, 5.41) is 2.61. The first kappa shape index (κ1) is 19.1. The zero-order valence-electron chi connectivity index (χ0n) is 14.7. The van der Waals surface area contributed by atoms with Gasteiger partial charge in [-0.15, -0.1) is 0 Å². The number of esters is 1. The molecular weight excluding hydrogens is 338 g/mol. The van der Waals surface area contributed by atoms with Crippen LogP contribution in [-0.2, 0) is 9.53 Å². The minimum Gasteiger partial charge on any atom is -0.497 e. The van der Waals surface area contributed by atoms with Crippen LogP contribution in [0, 0.1) is 0 Å². The molecule has 0 radical (unpaired) electrons. The van der Waals surface area contributed by atoms with Gasteiger partial charge in [-0.25, -0.2) is 4.79 Å². The van der Waals surface area contributed by atoms with E-state index in [0.29, 0.717) is 24.7 Å². The Labute approximate surface area is 151 Å². The smallest absolute Gasteiger partial charge is 0.342 e. The number of hydrogen-bond donors (Lipinski definition) is 1. The van der Waals surface area contributed by atoms with Crippen LogP contribution in [0.1, 0.15) is 10.4 Å². The molecule has 0 saturated heterocycles. The van der Waals surface area contributed by atoms with E-state index < -0.39 is 11.9 Å². The van der Waals surface area contributed by atoms with Crippen molar-refractivity contribution >= 4 is 11.9 Å². The van der Waals surface area contributed by atoms with Crippen molar-refractivity contribution < 1.29 is 28.5 Å². The Kier molecular flexibility index (Phi) is 7.30. The molecule has 2 rings (SSSR count). The van der Waals surface area contributed by atoms with Gasteiger partial charge >= 0.3 is 5.97 Å². The molecule has 7 heteroatoms. The van der Waals surface area contributed by atoms with Crippen LogP contribution in [0.3, 0.4) is 0 Å². The van der Waals surface area contributed by atoms with E-state index in [1.807, 2.05) is 30.3 Å². The van der Waals surface area contributed by atoms with E-state index in [-0.39, 0.29) is 12.2 Å². The molecule has 0 aliphatic carbocycles. The first-order valence-corrected chi connectivity index (χ1v) is 7.97. The van der Waals surface area contributed by atoms with Crippen molar-refractivity contribution in [2.75, 3.05) is 34.0 Å². The Morgan fingerprint density at radius 3 is 2.42 bits per heavy atom. The lowest BCUT2D eigenvalue weighted by Gasteiger charge is -2.11. The largest absolute Gasteiger partial charge is 0.497 e. The average molecular weight is 359 g/mol. The van der Waals surface area contributed by atoms with E-state index >= 15 is 0 Å². The van der Waals surface area contributed by atoms with Crippen molar-refractivity contribution in [1.29, 1.82) is 0 Å². The molecule has 0 bridgehead atoms. The van der Waals surface area contributed by atoms with Crippen LogP contribution < -0.4 is 19.5 Å². The third-order valence-electron chi connectivity index (χ3n) is 3.40. The number of rotatable bonds is 9. The summed E-state index contributed by atoms with van der Waals surface area (Å²) in [4.78, 5) is 23.8. The molecule has 0 aliphatic heterocycles. The van der Waals surface area contributed by atoms with Gasteiger partial charge in [-0.3, -0.25) is 4.79 Å². The van der Waals surface area contributed by atoms with Crippen LogP contribution in [0.5, 0.6) is 17.2 Å². The van der Waals surface area contributed by atoms with Crippen molar-refractivity contribution in [3.63, 3.8) is 0 Å². The third kappa shape index (κ3) is 5.70. The van der Waals surface area contributed by atoms with Crippen molar-refractivity contribution in [3.05, 3.63) is 54.1 Å². The molecule has 1 N–H and O–H groups in total. The number of hydrogen-bond acceptors (Lipinski definition) is 6. The number of para-hydroxylation sites is 1.